The number of aryl methyl sites for hydroxylation is 1. The molecule has 2 rings (SSSR count). The van der Waals surface area contributed by atoms with Crippen molar-refractivity contribution in [1.29, 1.82) is 0 Å². The van der Waals surface area contributed by atoms with E-state index in [0.29, 0.717) is 11.4 Å². The zero-order chi connectivity index (χ0) is 12.3. The van der Waals surface area contributed by atoms with E-state index in [1.165, 1.54) is 12.1 Å². The molecule has 5 heteroatoms. The number of nitrogens with two attached hydrogens (primary N) is 1. The van der Waals surface area contributed by atoms with Crippen LogP contribution in [0.25, 0.3) is 0 Å². The lowest BCUT2D eigenvalue weighted by molar-refractivity contribution is 0.585. The zero-order valence-corrected chi connectivity index (χ0v) is 9.39. The summed E-state index contributed by atoms with van der Waals surface area (Å²) in [5.41, 5.74) is 4.13. The van der Waals surface area contributed by atoms with Gasteiger partial charge >= 0.3 is 0 Å². The van der Waals surface area contributed by atoms with Crippen LogP contribution >= 0.6 is 0 Å². The van der Waals surface area contributed by atoms with Crippen LogP contribution in [0.5, 0.6) is 0 Å². The first-order valence-corrected chi connectivity index (χ1v) is 5.21. The minimum atomic E-state index is -0.411. The third-order valence-corrected chi connectivity index (χ3v) is 2.41. The average molecular weight is 232 g/mol. The summed E-state index contributed by atoms with van der Waals surface area (Å²) in [5, 5.41) is 0. The number of nitrogens with one attached hydrogen (secondary N) is 1. The van der Waals surface area contributed by atoms with Gasteiger partial charge in [-0.15, -0.1) is 0 Å². The predicted octanol–water partition coefficient (Wildman–Crippen LogP) is 1.48. The lowest BCUT2D eigenvalue weighted by atomic mass is 10.0. The molecule has 88 valence electrons. The van der Waals surface area contributed by atoms with Crippen LogP contribution < -0.4 is 11.3 Å². The summed E-state index contributed by atoms with van der Waals surface area (Å²) < 4.78 is 13.3. The number of hydrogen-bond donors (Lipinski definition) is 2. The van der Waals surface area contributed by atoms with E-state index in [2.05, 4.69) is 15.4 Å². The lowest BCUT2D eigenvalue weighted by Crippen LogP contribution is -2.30. The first-order valence-electron chi connectivity index (χ1n) is 5.21. The largest absolute Gasteiger partial charge is 0.270 e. The van der Waals surface area contributed by atoms with Crippen molar-refractivity contribution in [2.45, 2.75) is 13.0 Å². The number of aromatic nitrogens is 2. The molecule has 1 aromatic carbocycles. The molecule has 0 spiro atoms. The normalized spacial score (nSPS) is 12.4. The quantitative estimate of drug-likeness (QED) is 0.621. The molecule has 0 aliphatic carbocycles. The van der Waals surface area contributed by atoms with E-state index in [4.69, 9.17) is 5.84 Å². The SMILES string of the molecule is Cc1cc(F)cc(C(NN)c2ncccn2)c1. The third-order valence-electron chi connectivity index (χ3n) is 2.41. The van der Waals surface area contributed by atoms with E-state index in [1.54, 1.807) is 18.5 Å². The second kappa shape index (κ2) is 4.99. The molecule has 0 fully saturated rings. The van der Waals surface area contributed by atoms with Gasteiger partial charge in [0.2, 0.25) is 0 Å². The molecule has 0 saturated heterocycles. The van der Waals surface area contributed by atoms with Gasteiger partial charge in [-0.3, -0.25) is 5.84 Å². The highest BCUT2D eigenvalue weighted by molar-refractivity contribution is 5.29. The molecule has 2 aromatic rings. The van der Waals surface area contributed by atoms with Gasteiger partial charge in [0.25, 0.3) is 0 Å². The molecule has 0 aliphatic heterocycles. The Labute approximate surface area is 98.7 Å². The maximum Gasteiger partial charge on any atom is 0.150 e. The van der Waals surface area contributed by atoms with Crippen LogP contribution in [-0.2, 0) is 0 Å². The second-order valence-electron chi connectivity index (χ2n) is 3.77. The van der Waals surface area contributed by atoms with Crippen LogP contribution in [0.1, 0.15) is 23.0 Å². The van der Waals surface area contributed by atoms with Crippen molar-refractivity contribution in [3.63, 3.8) is 0 Å². The Morgan fingerprint density at radius 1 is 1.24 bits per heavy atom. The molecule has 1 heterocycles. The summed E-state index contributed by atoms with van der Waals surface area (Å²) in [6, 6.07) is 6.04. The van der Waals surface area contributed by atoms with E-state index in [0.717, 1.165) is 5.56 Å². The van der Waals surface area contributed by atoms with Gasteiger partial charge < -0.3 is 0 Å². The molecule has 1 unspecified atom stereocenters. The van der Waals surface area contributed by atoms with Crippen LogP contribution in [0.2, 0.25) is 0 Å². The maximum atomic E-state index is 13.3. The highest BCUT2D eigenvalue weighted by atomic mass is 19.1. The molecular weight excluding hydrogens is 219 g/mol. The van der Waals surface area contributed by atoms with E-state index in [-0.39, 0.29) is 5.82 Å². The Balaban J connectivity index is 2.42. The van der Waals surface area contributed by atoms with Crippen molar-refractivity contribution >= 4 is 0 Å². The topological polar surface area (TPSA) is 63.8 Å². The summed E-state index contributed by atoms with van der Waals surface area (Å²) >= 11 is 0. The standard InChI is InChI=1S/C12H13FN4/c1-8-5-9(7-10(13)6-8)11(17-14)12-15-3-2-4-16-12/h2-7,11,17H,14H2,1H3. The molecule has 4 nitrogen and oxygen atoms in total. The molecule has 17 heavy (non-hydrogen) atoms. The summed E-state index contributed by atoms with van der Waals surface area (Å²) in [5.74, 6) is 5.70. The molecule has 0 radical (unpaired) electrons. The van der Waals surface area contributed by atoms with Crippen molar-refractivity contribution in [2.75, 3.05) is 0 Å². The molecule has 3 N–H and O–H groups in total. The molecule has 0 bridgehead atoms. The fraction of sp³-hybridized carbons (Fsp3) is 0.167. The van der Waals surface area contributed by atoms with Gasteiger partial charge in [0.15, 0.2) is 5.82 Å². The van der Waals surface area contributed by atoms with Crippen molar-refractivity contribution in [3.8, 4) is 0 Å². The monoisotopic (exact) mass is 232 g/mol. The lowest BCUT2D eigenvalue weighted by Gasteiger charge is -2.15. The Morgan fingerprint density at radius 3 is 2.53 bits per heavy atom. The Bertz CT molecular complexity index is 481. The molecule has 1 atom stereocenters. The smallest absolute Gasteiger partial charge is 0.150 e. The number of rotatable bonds is 3. The Morgan fingerprint density at radius 2 is 1.94 bits per heavy atom. The third kappa shape index (κ3) is 2.64. The van der Waals surface area contributed by atoms with Crippen LogP contribution in [0, 0.1) is 12.7 Å². The predicted molar refractivity (Wildman–Crippen MR) is 62.3 cm³/mol. The highest BCUT2D eigenvalue weighted by Crippen LogP contribution is 2.20. The maximum absolute atomic E-state index is 13.3. The van der Waals surface area contributed by atoms with E-state index in [1.807, 2.05) is 13.0 Å². The van der Waals surface area contributed by atoms with Crippen molar-refractivity contribution in [3.05, 3.63) is 59.4 Å². The Hall–Kier alpha value is -1.85. The minimum Gasteiger partial charge on any atom is -0.270 e. The minimum absolute atomic E-state index is 0.295. The van der Waals surface area contributed by atoms with Crippen LogP contribution in [0.3, 0.4) is 0 Å². The molecule has 1 aromatic heterocycles. The van der Waals surface area contributed by atoms with Crippen LogP contribution in [0.4, 0.5) is 4.39 Å². The van der Waals surface area contributed by atoms with Gasteiger partial charge in [-0.05, 0) is 36.2 Å². The zero-order valence-electron chi connectivity index (χ0n) is 9.39. The molecule has 0 amide bonds. The second-order valence-corrected chi connectivity index (χ2v) is 3.77. The number of nitrogens with zero attached hydrogens (tertiary/aromatic N) is 2. The first-order chi connectivity index (χ1) is 8.20. The van der Waals surface area contributed by atoms with Crippen LogP contribution in [-0.4, -0.2) is 9.97 Å². The van der Waals surface area contributed by atoms with Gasteiger partial charge in [-0.1, -0.05) is 6.07 Å². The number of hydrazine groups is 1. The summed E-state index contributed by atoms with van der Waals surface area (Å²) in [6.07, 6.45) is 3.25. The summed E-state index contributed by atoms with van der Waals surface area (Å²) in [4.78, 5) is 8.22. The summed E-state index contributed by atoms with van der Waals surface area (Å²) in [6.45, 7) is 1.83. The van der Waals surface area contributed by atoms with Gasteiger partial charge in [-0.25, -0.2) is 19.8 Å². The average Bonchev–Trinajstić information content (AvgIpc) is 2.30. The number of halogens is 1. The van der Waals surface area contributed by atoms with E-state index < -0.39 is 6.04 Å². The fourth-order valence-electron chi connectivity index (χ4n) is 1.71. The fourth-order valence-corrected chi connectivity index (χ4v) is 1.71. The molecule has 0 aliphatic rings. The van der Waals surface area contributed by atoms with Crippen LogP contribution in [0.15, 0.2) is 36.7 Å². The summed E-state index contributed by atoms with van der Waals surface area (Å²) in [7, 11) is 0. The van der Waals surface area contributed by atoms with Crippen molar-refractivity contribution < 1.29 is 4.39 Å². The van der Waals surface area contributed by atoms with E-state index >= 15 is 0 Å². The highest BCUT2D eigenvalue weighted by Gasteiger charge is 2.15. The van der Waals surface area contributed by atoms with E-state index in [9.17, 15) is 4.39 Å². The number of benzene rings is 1. The molecule has 0 saturated carbocycles. The van der Waals surface area contributed by atoms with Gasteiger partial charge in [0, 0.05) is 12.4 Å². The molecular formula is C12H13FN4. The van der Waals surface area contributed by atoms with Crippen molar-refractivity contribution in [2.24, 2.45) is 5.84 Å². The Kier molecular flexibility index (Phi) is 3.41. The van der Waals surface area contributed by atoms with Gasteiger partial charge in [0.1, 0.15) is 11.9 Å². The number of hydrogen-bond acceptors (Lipinski definition) is 4. The first kappa shape index (κ1) is 11.6. The van der Waals surface area contributed by atoms with Gasteiger partial charge in [0.05, 0.1) is 0 Å². The van der Waals surface area contributed by atoms with Crippen molar-refractivity contribution in [1.82, 2.24) is 15.4 Å². The van der Waals surface area contributed by atoms with Gasteiger partial charge in [-0.2, -0.15) is 0 Å².